The summed E-state index contributed by atoms with van der Waals surface area (Å²) in [6.07, 6.45) is -0.299. The van der Waals surface area contributed by atoms with Gasteiger partial charge in [-0.1, -0.05) is 72.8 Å². The van der Waals surface area contributed by atoms with Crippen molar-refractivity contribution in [3.8, 4) is 28.8 Å². The molecule has 0 spiro atoms. The summed E-state index contributed by atoms with van der Waals surface area (Å²) in [6, 6.07) is 34.3. The Morgan fingerprint density at radius 3 is 2.06 bits per heavy atom. The zero-order valence-corrected chi connectivity index (χ0v) is 40.1. The van der Waals surface area contributed by atoms with Gasteiger partial charge in [0.05, 0.1) is 28.4 Å². The van der Waals surface area contributed by atoms with E-state index in [9.17, 15) is 13.2 Å². The molecule has 3 aliphatic rings. The van der Waals surface area contributed by atoms with Crippen LogP contribution in [0.1, 0.15) is 82.9 Å². The Hall–Kier alpha value is -5.57. The van der Waals surface area contributed by atoms with Crippen LogP contribution >= 0.6 is 0 Å². The highest BCUT2D eigenvalue weighted by Gasteiger charge is 2.52. The molecule has 2 saturated heterocycles. The Labute approximate surface area is 398 Å². The molecule has 3 fully saturated rings. The van der Waals surface area contributed by atoms with E-state index in [1.807, 2.05) is 149 Å². The second-order valence-electron chi connectivity index (χ2n) is 19.7. The topological polar surface area (TPSA) is 83.3 Å². The molecule has 14 heteroatoms. The normalized spacial score (nSPS) is 20.1. The van der Waals surface area contributed by atoms with Crippen molar-refractivity contribution in [1.29, 1.82) is 0 Å². The lowest BCUT2D eigenvalue weighted by Crippen LogP contribution is -2.55. The van der Waals surface area contributed by atoms with Crippen LogP contribution < -0.4 is 24.6 Å². The van der Waals surface area contributed by atoms with Gasteiger partial charge in [0.2, 0.25) is 11.8 Å². The lowest BCUT2D eigenvalue weighted by molar-refractivity contribution is -0.187. The molecule has 68 heavy (non-hydrogen) atoms. The largest absolute Gasteiger partial charge is 0.495 e. The molecule has 0 bridgehead atoms. The number of alkyl halides is 3. The maximum Gasteiger partial charge on any atom is 0.495 e. The molecule has 1 saturated carbocycles. The molecule has 1 aliphatic carbocycles. The quantitative estimate of drug-likeness (QED) is 0.0935. The Kier molecular flexibility index (Phi) is 13.8. The number of aryl methyl sites for hydroxylation is 1. The number of hydrogen-bond acceptors (Lipinski definition) is 9. The van der Waals surface area contributed by atoms with Crippen molar-refractivity contribution in [3.63, 3.8) is 0 Å². The van der Waals surface area contributed by atoms with Crippen LogP contribution in [0.5, 0.6) is 17.5 Å². The highest BCUT2D eigenvalue weighted by Crippen LogP contribution is 2.40. The van der Waals surface area contributed by atoms with E-state index in [2.05, 4.69) is 11.0 Å². The number of hydrogen-bond donors (Lipinski definition) is 0. The fourth-order valence-electron chi connectivity index (χ4n) is 9.83. The summed E-state index contributed by atoms with van der Waals surface area (Å²) < 4.78 is 77.8. The highest BCUT2D eigenvalue weighted by molar-refractivity contribution is 6.62. The lowest BCUT2D eigenvalue weighted by Gasteiger charge is -2.41. The van der Waals surface area contributed by atoms with Gasteiger partial charge >= 0.3 is 13.3 Å². The Morgan fingerprint density at radius 1 is 0.765 bits per heavy atom. The molecule has 1 atom stereocenters. The average molecular weight is 930 g/mol. The first-order chi connectivity index (χ1) is 32.6. The van der Waals surface area contributed by atoms with Crippen LogP contribution in [0.25, 0.3) is 22.2 Å². The highest BCUT2D eigenvalue weighted by atomic mass is 19.4. The number of fused-ring (bicyclic) bond motifs is 1. The monoisotopic (exact) mass is 929 g/mol. The van der Waals surface area contributed by atoms with Crippen LogP contribution in [0, 0.1) is 12.8 Å². The van der Waals surface area contributed by atoms with E-state index >= 15 is 0 Å². The average Bonchev–Trinajstić information content (AvgIpc) is 3.77. The van der Waals surface area contributed by atoms with Gasteiger partial charge in [0.1, 0.15) is 30.7 Å². The lowest BCUT2D eigenvalue weighted by atomic mass is 9.76. The number of benzene rings is 4. The molecule has 2 aliphatic heterocycles. The summed E-state index contributed by atoms with van der Waals surface area (Å²) in [4.78, 5) is 8.64. The Morgan fingerprint density at radius 2 is 1.41 bits per heavy atom. The fourth-order valence-corrected chi connectivity index (χ4v) is 9.83. The van der Waals surface area contributed by atoms with Crippen molar-refractivity contribution in [2.75, 3.05) is 31.1 Å². The van der Waals surface area contributed by atoms with Crippen LogP contribution in [0.3, 0.4) is 0 Å². The van der Waals surface area contributed by atoms with Crippen LogP contribution in [0.15, 0.2) is 109 Å². The minimum Gasteiger partial charge on any atom is -0.490 e. The summed E-state index contributed by atoms with van der Waals surface area (Å²) in [5.41, 5.74) is 6.40. The standard InChI is InChI=1S/C54H63BF3N5O5/c1-37-45(55-67-52(2,3)53(4,5)68-55)18-13-19-47(37)66-42-24-20-38(21-25-42)22-28-48(54(56,57)58)63-32-30-62(31-33-63)41-23-26-43-46(34-41)61(6)60-50(43)44-27-29-49(64-35-39-14-9-7-10-15-39)59-51(44)65-36-40-16-11-8-12-17-40/h7-19,23,26-27,29,34,38,42,48H,20-22,24-25,28,30-33,35-36H2,1-6H3/t38?,42?,48-/m0/s1. The zero-order chi connectivity index (χ0) is 47.6. The van der Waals surface area contributed by atoms with Gasteiger partial charge in [-0.15, -0.1) is 0 Å². The first kappa shape index (κ1) is 47.5. The summed E-state index contributed by atoms with van der Waals surface area (Å²) in [7, 11) is 1.43. The number of halogens is 3. The molecule has 4 aromatic carbocycles. The minimum absolute atomic E-state index is 0.0209. The maximum absolute atomic E-state index is 14.8. The number of piperazine rings is 1. The number of pyridine rings is 1. The molecule has 0 unspecified atom stereocenters. The first-order valence-corrected chi connectivity index (χ1v) is 24.1. The van der Waals surface area contributed by atoms with Gasteiger partial charge in [0.15, 0.2) is 0 Å². The van der Waals surface area contributed by atoms with Gasteiger partial charge in [-0.25, -0.2) is 0 Å². The minimum atomic E-state index is -4.31. The third-order valence-electron chi connectivity index (χ3n) is 14.6. The summed E-state index contributed by atoms with van der Waals surface area (Å²) in [6.45, 7) is 12.5. The molecule has 9 rings (SSSR count). The van der Waals surface area contributed by atoms with Gasteiger partial charge in [0, 0.05) is 50.4 Å². The second kappa shape index (κ2) is 19.8. The Bertz CT molecular complexity index is 2630. The van der Waals surface area contributed by atoms with Crippen molar-refractivity contribution < 1.29 is 36.7 Å². The van der Waals surface area contributed by atoms with Crippen LogP contribution in [-0.2, 0) is 29.6 Å². The predicted octanol–water partition coefficient (Wildman–Crippen LogP) is 10.9. The summed E-state index contributed by atoms with van der Waals surface area (Å²) >= 11 is 0. The van der Waals surface area contributed by atoms with E-state index in [1.54, 1.807) is 4.90 Å². The summed E-state index contributed by atoms with van der Waals surface area (Å²) in [5, 5.41) is 5.86. The molecule has 0 radical (unpaired) electrons. The fraction of sp³-hybridized carbons (Fsp3) is 0.444. The van der Waals surface area contributed by atoms with Gasteiger partial charge in [-0.2, -0.15) is 23.3 Å². The van der Waals surface area contributed by atoms with Crippen LogP contribution in [0.2, 0.25) is 0 Å². The second-order valence-corrected chi connectivity index (χ2v) is 19.7. The molecular weight excluding hydrogens is 866 g/mol. The van der Waals surface area contributed by atoms with E-state index < -0.39 is 30.5 Å². The van der Waals surface area contributed by atoms with Crippen molar-refractivity contribution in [2.45, 2.75) is 116 Å². The number of ether oxygens (including phenoxy) is 3. The van der Waals surface area contributed by atoms with E-state index in [0.717, 1.165) is 81.4 Å². The van der Waals surface area contributed by atoms with Gasteiger partial charge in [0.25, 0.3) is 0 Å². The van der Waals surface area contributed by atoms with Gasteiger partial charge in [-0.3, -0.25) is 9.58 Å². The molecule has 6 aromatic rings. The van der Waals surface area contributed by atoms with Crippen molar-refractivity contribution in [1.82, 2.24) is 19.7 Å². The van der Waals surface area contributed by atoms with Crippen molar-refractivity contribution in [3.05, 3.63) is 126 Å². The molecule has 2 aromatic heterocycles. The first-order valence-electron chi connectivity index (χ1n) is 24.1. The molecule has 10 nitrogen and oxygen atoms in total. The van der Waals surface area contributed by atoms with E-state index in [0.29, 0.717) is 57.6 Å². The molecule has 0 amide bonds. The Balaban J connectivity index is 0.809. The maximum atomic E-state index is 14.8. The number of aromatic nitrogens is 3. The molecule has 4 heterocycles. The number of anilines is 1. The number of nitrogens with zero attached hydrogens (tertiary/aromatic N) is 5. The molecule has 358 valence electrons. The molecular formula is C54H63BF3N5O5. The third kappa shape index (κ3) is 10.5. The third-order valence-corrected chi connectivity index (χ3v) is 14.6. The van der Waals surface area contributed by atoms with Gasteiger partial charge < -0.3 is 28.4 Å². The van der Waals surface area contributed by atoms with E-state index in [1.165, 1.54) is 0 Å². The smallest absolute Gasteiger partial charge is 0.490 e. The number of rotatable bonds is 15. The van der Waals surface area contributed by atoms with Gasteiger partial charge in [-0.05, 0) is 132 Å². The van der Waals surface area contributed by atoms with Crippen LogP contribution in [-0.4, -0.2) is 82.5 Å². The van der Waals surface area contributed by atoms with E-state index in [4.69, 9.17) is 33.6 Å². The van der Waals surface area contributed by atoms with Crippen molar-refractivity contribution >= 4 is 29.2 Å². The predicted molar refractivity (Wildman–Crippen MR) is 262 cm³/mol. The molecule has 0 N–H and O–H groups in total. The van der Waals surface area contributed by atoms with Crippen molar-refractivity contribution in [2.24, 2.45) is 13.0 Å². The summed E-state index contributed by atoms with van der Waals surface area (Å²) in [5.74, 6) is 1.90. The SMILES string of the molecule is Cc1c(OC2CCC(CC[C@H](N3CCN(c4ccc5c(-c6ccc(OCc7ccccc7)nc6OCc6ccccc6)nn(C)c5c4)CC3)C(F)(F)F)CC2)cccc1B1OC(C)(C)C(C)(C)O1. The van der Waals surface area contributed by atoms with Crippen LogP contribution in [0.4, 0.5) is 18.9 Å². The zero-order valence-electron chi connectivity index (χ0n) is 40.1. The van der Waals surface area contributed by atoms with E-state index in [-0.39, 0.29) is 18.4 Å².